The van der Waals surface area contributed by atoms with Gasteiger partial charge in [-0.2, -0.15) is 0 Å². The minimum Gasteiger partial charge on any atom is -0.396 e. The van der Waals surface area contributed by atoms with Gasteiger partial charge in [0.05, 0.1) is 0 Å². The molecular formula is C13H21NO3S2. The van der Waals surface area contributed by atoms with Crippen LogP contribution in [0.1, 0.15) is 37.5 Å². The van der Waals surface area contributed by atoms with Crippen molar-refractivity contribution in [2.75, 3.05) is 6.61 Å². The van der Waals surface area contributed by atoms with Crippen molar-refractivity contribution >= 4 is 21.4 Å². The highest BCUT2D eigenvalue weighted by Crippen LogP contribution is 2.29. The molecule has 0 spiro atoms. The van der Waals surface area contributed by atoms with E-state index in [0.717, 1.165) is 17.7 Å². The van der Waals surface area contributed by atoms with Crippen molar-refractivity contribution in [3.8, 4) is 0 Å². The third-order valence-corrected chi connectivity index (χ3v) is 6.90. The lowest BCUT2D eigenvalue weighted by Gasteiger charge is -2.19. The maximum atomic E-state index is 12.3. The molecule has 4 nitrogen and oxygen atoms in total. The first-order chi connectivity index (χ1) is 9.03. The van der Waals surface area contributed by atoms with Crippen LogP contribution >= 0.6 is 11.3 Å². The number of aliphatic hydroxyl groups is 1. The highest BCUT2D eigenvalue weighted by Gasteiger charge is 2.26. The van der Waals surface area contributed by atoms with E-state index in [0.29, 0.717) is 16.5 Å². The number of hydrogen-bond donors (Lipinski definition) is 2. The Bertz CT molecular complexity index is 504. The maximum Gasteiger partial charge on any atom is 0.250 e. The highest BCUT2D eigenvalue weighted by atomic mass is 32.2. The van der Waals surface area contributed by atoms with Crippen LogP contribution in [0, 0.1) is 5.92 Å². The summed E-state index contributed by atoms with van der Waals surface area (Å²) in [6.45, 7) is 2.00. The Morgan fingerprint density at radius 2 is 2.11 bits per heavy atom. The van der Waals surface area contributed by atoms with Gasteiger partial charge in [-0.05, 0) is 37.8 Å². The van der Waals surface area contributed by atoms with Crippen LogP contribution in [0.25, 0.3) is 0 Å². The molecule has 2 N–H and O–H groups in total. The molecule has 1 unspecified atom stereocenters. The van der Waals surface area contributed by atoms with Crippen molar-refractivity contribution in [3.63, 3.8) is 0 Å². The van der Waals surface area contributed by atoms with Crippen LogP contribution in [-0.2, 0) is 16.4 Å². The summed E-state index contributed by atoms with van der Waals surface area (Å²) in [6.07, 6.45) is 5.15. The molecule has 1 fully saturated rings. The third-order valence-electron chi connectivity index (χ3n) is 3.71. The summed E-state index contributed by atoms with van der Waals surface area (Å²) in [5.74, 6) is 0.464. The lowest BCUT2D eigenvalue weighted by Crippen LogP contribution is -2.36. The summed E-state index contributed by atoms with van der Waals surface area (Å²) in [5.41, 5.74) is 0. The van der Waals surface area contributed by atoms with Crippen molar-refractivity contribution < 1.29 is 13.5 Å². The topological polar surface area (TPSA) is 66.4 Å². The van der Waals surface area contributed by atoms with Crippen LogP contribution in [0.3, 0.4) is 0 Å². The molecule has 0 aliphatic heterocycles. The zero-order valence-corrected chi connectivity index (χ0v) is 12.8. The minimum absolute atomic E-state index is 0.00380. The van der Waals surface area contributed by atoms with Gasteiger partial charge in [-0.15, -0.1) is 11.3 Å². The Labute approximate surface area is 118 Å². The molecule has 1 aromatic heterocycles. The highest BCUT2D eigenvalue weighted by molar-refractivity contribution is 7.91. The first-order valence-corrected chi connectivity index (χ1v) is 9.05. The van der Waals surface area contributed by atoms with E-state index >= 15 is 0 Å². The van der Waals surface area contributed by atoms with Gasteiger partial charge in [0.1, 0.15) is 4.21 Å². The largest absolute Gasteiger partial charge is 0.396 e. The second kappa shape index (κ2) is 6.35. The molecule has 1 heterocycles. The summed E-state index contributed by atoms with van der Waals surface area (Å²) >= 11 is 1.24. The zero-order chi connectivity index (χ0) is 13.9. The van der Waals surface area contributed by atoms with Gasteiger partial charge < -0.3 is 5.11 Å². The normalized spacial score (nSPS) is 18.8. The molecule has 0 amide bonds. The Balaban J connectivity index is 2.03. The van der Waals surface area contributed by atoms with E-state index in [9.17, 15) is 8.42 Å². The molecule has 0 bridgehead atoms. The molecule has 1 saturated carbocycles. The molecule has 0 aromatic carbocycles. The van der Waals surface area contributed by atoms with Crippen LogP contribution in [0.4, 0.5) is 0 Å². The van der Waals surface area contributed by atoms with Gasteiger partial charge in [0, 0.05) is 23.9 Å². The predicted octanol–water partition coefficient (Wildman–Crippen LogP) is 2.14. The number of sulfonamides is 1. The minimum atomic E-state index is -3.41. The first-order valence-electron chi connectivity index (χ1n) is 6.75. The van der Waals surface area contributed by atoms with E-state index in [1.54, 1.807) is 12.1 Å². The van der Waals surface area contributed by atoms with Crippen molar-refractivity contribution in [1.29, 1.82) is 0 Å². The predicted molar refractivity (Wildman–Crippen MR) is 76.9 cm³/mol. The Morgan fingerprint density at radius 3 is 2.74 bits per heavy atom. The second-order valence-electron chi connectivity index (χ2n) is 5.15. The molecule has 1 aliphatic rings. The lowest BCUT2D eigenvalue weighted by molar-refractivity contribution is 0.300. The number of aliphatic hydroxyl groups excluding tert-OH is 1. The lowest BCUT2D eigenvalue weighted by atomic mass is 10.0. The van der Waals surface area contributed by atoms with E-state index in [4.69, 9.17) is 5.11 Å². The van der Waals surface area contributed by atoms with Crippen molar-refractivity contribution in [3.05, 3.63) is 17.0 Å². The van der Waals surface area contributed by atoms with E-state index in [1.165, 1.54) is 24.2 Å². The smallest absolute Gasteiger partial charge is 0.250 e. The molecule has 1 aromatic rings. The van der Waals surface area contributed by atoms with Crippen LogP contribution in [0.5, 0.6) is 0 Å². The standard InChI is InChI=1S/C13H21NO3S2/c1-10(11-4-2-3-5-11)14-19(16,17)13-7-6-12(18-13)8-9-15/h6-7,10-11,14-15H,2-5,8-9H2,1H3. The van der Waals surface area contributed by atoms with Gasteiger partial charge in [-0.25, -0.2) is 13.1 Å². The Morgan fingerprint density at radius 1 is 1.42 bits per heavy atom. The summed E-state index contributed by atoms with van der Waals surface area (Å²) in [4.78, 5) is 0.899. The molecule has 108 valence electrons. The molecule has 6 heteroatoms. The van der Waals surface area contributed by atoms with Gasteiger partial charge in [-0.3, -0.25) is 0 Å². The van der Waals surface area contributed by atoms with E-state index in [2.05, 4.69) is 4.72 Å². The third kappa shape index (κ3) is 3.78. The molecule has 0 radical (unpaired) electrons. The van der Waals surface area contributed by atoms with Gasteiger partial charge in [0.25, 0.3) is 0 Å². The molecule has 19 heavy (non-hydrogen) atoms. The molecule has 2 rings (SSSR count). The number of nitrogens with one attached hydrogen (secondary N) is 1. The van der Waals surface area contributed by atoms with Crippen molar-refractivity contribution in [2.24, 2.45) is 5.92 Å². The molecular weight excluding hydrogens is 282 g/mol. The average Bonchev–Trinajstić information content (AvgIpc) is 2.99. The van der Waals surface area contributed by atoms with E-state index in [1.807, 2.05) is 6.92 Å². The fourth-order valence-electron chi connectivity index (χ4n) is 2.60. The van der Waals surface area contributed by atoms with E-state index in [-0.39, 0.29) is 12.6 Å². The van der Waals surface area contributed by atoms with Crippen LogP contribution in [0.15, 0.2) is 16.3 Å². The molecule has 1 aliphatic carbocycles. The molecule has 1 atom stereocenters. The van der Waals surface area contributed by atoms with Gasteiger partial charge in [0.2, 0.25) is 10.0 Å². The quantitative estimate of drug-likeness (QED) is 0.846. The first kappa shape index (κ1) is 15.0. The van der Waals surface area contributed by atoms with Crippen LogP contribution < -0.4 is 4.72 Å². The second-order valence-corrected chi connectivity index (χ2v) is 8.26. The maximum absolute atomic E-state index is 12.3. The fourth-order valence-corrected chi connectivity index (χ4v) is 5.28. The van der Waals surface area contributed by atoms with Gasteiger partial charge in [0.15, 0.2) is 0 Å². The van der Waals surface area contributed by atoms with Crippen LogP contribution in [-0.4, -0.2) is 26.2 Å². The Kier molecular flexibility index (Phi) is 5.00. The number of hydrogen-bond acceptors (Lipinski definition) is 4. The summed E-state index contributed by atoms with van der Waals surface area (Å²) in [6, 6.07) is 3.39. The van der Waals surface area contributed by atoms with Crippen molar-refractivity contribution in [1.82, 2.24) is 4.72 Å². The Hall–Kier alpha value is -0.430. The fraction of sp³-hybridized carbons (Fsp3) is 0.692. The van der Waals surface area contributed by atoms with Crippen LogP contribution in [0.2, 0.25) is 0 Å². The van der Waals surface area contributed by atoms with E-state index < -0.39 is 10.0 Å². The number of thiophene rings is 1. The average molecular weight is 303 g/mol. The van der Waals surface area contributed by atoms with Crippen molar-refractivity contribution in [2.45, 2.75) is 49.3 Å². The SMILES string of the molecule is CC(NS(=O)(=O)c1ccc(CCO)s1)C1CCCC1. The summed E-state index contributed by atoms with van der Waals surface area (Å²) < 4.78 is 27.6. The van der Waals surface area contributed by atoms with Gasteiger partial charge in [-0.1, -0.05) is 12.8 Å². The molecule has 0 saturated heterocycles. The zero-order valence-electron chi connectivity index (χ0n) is 11.1. The summed E-state index contributed by atoms with van der Waals surface area (Å²) in [7, 11) is -3.41. The van der Waals surface area contributed by atoms with Gasteiger partial charge >= 0.3 is 0 Å². The monoisotopic (exact) mass is 303 g/mol. The summed E-state index contributed by atoms with van der Waals surface area (Å²) in [5, 5.41) is 8.86. The number of rotatable bonds is 6.